The molecular weight excluding hydrogens is 270 g/mol. The molecule has 0 unspecified atom stereocenters. The Morgan fingerprint density at radius 3 is 2.90 bits per heavy atom. The highest BCUT2D eigenvalue weighted by Crippen LogP contribution is 2.14. The van der Waals surface area contributed by atoms with E-state index in [4.69, 9.17) is 0 Å². The first-order chi connectivity index (χ1) is 9.70. The highest BCUT2D eigenvalue weighted by Gasteiger charge is 2.15. The monoisotopic (exact) mass is 289 g/mol. The number of aromatic nitrogens is 1. The third-order valence-corrected chi connectivity index (χ3v) is 3.88. The topological polar surface area (TPSA) is 37.3 Å². The normalized spacial score (nSPS) is 10.2. The molecule has 20 heavy (non-hydrogen) atoms. The lowest BCUT2D eigenvalue weighted by Gasteiger charge is -2.22. The number of nitrogens with one attached hydrogen (secondary N) is 1. The number of urea groups is 1. The second-order valence-corrected chi connectivity index (χ2v) is 5.55. The summed E-state index contributed by atoms with van der Waals surface area (Å²) in [7, 11) is 1.99. The van der Waals surface area contributed by atoms with Crippen LogP contribution in [0.4, 0.5) is 4.79 Å². The van der Waals surface area contributed by atoms with E-state index in [1.54, 1.807) is 17.4 Å². The van der Waals surface area contributed by atoms with Gasteiger partial charge in [0, 0.05) is 30.4 Å². The number of carbonyl (C=O) groups is 1. The van der Waals surface area contributed by atoms with Gasteiger partial charge < -0.3 is 14.8 Å². The molecule has 0 spiro atoms. The van der Waals surface area contributed by atoms with Crippen LogP contribution in [0, 0.1) is 0 Å². The summed E-state index contributed by atoms with van der Waals surface area (Å²) in [5, 5.41) is 4.87. The van der Waals surface area contributed by atoms with Gasteiger partial charge in [-0.25, -0.2) is 4.79 Å². The fourth-order valence-electron chi connectivity index (χ4n) is 1.92. The minimum Gasteiger partial charge on any atom is -0.353 e. The predicted molar refractivity (Wildman–Crippen MR) is 82.6 cm³/mol. The van der Waals surface area contributed by atoms with Crippen molar-refractivity contribution in [1.82, 2.24) is 14.8 Å². The van der Waals surface area contributed by atoms with Gasteiger partial charge in [0.05, 0.1) is 13.1 Å². The summed E-state index contributed by atoms with van der Waals surface area (Å²) < 4.78 is 2.03. The van der Waals surface area contributed by atoms with Crippen molar-refractivity contribution in [1.29, 1.82) is 0 Å². The summed E-state index contributed by atoms with van der Waals surface area (Å²) in [4.78, 5) is 15.2. The highest BCUT2D eigenvalue weighted by atomic mass is 32.1. The number of amides is 2. The number of thiophene rings is 1. The molecule has 0 aliphatic carbocycles. The average Bonchev–Trinajstić information content (AvgIpc) is 3.08. The summed E-state index contributed by atoms with van der Waals surface area (Å²) in [5.41, 5.74) is 1.11. The van der Waals surface area contributed by atoms with E-state index < -0.39 is 0 Å². The zero-order chi connectivity index (χ0) is 14.4. The molecule has 2 rings (SSSR count). The molecule has 106 valence electrons. The van der Waals surface area contributed by atoms with Crippen LogP contribution in [-0.4, -0.2) is 22.0 Å². The van der Waals surface area contributed by atoms with E-state index >= 15 is 0 Å². The molecule has 0 aromatic carbocycles. The smallest absolute Gasteiger partial charge is 0.318 e. The molecule has 2 heterocycles. The van der Waals surface area contributed by atoms with Gasteiger partial charge in [-0.05, 0) is 23.6 Å². The maximum atomic E-state index is 12.2. The zero-order valence-corrected chi connectivity index (χ0v) is 12.4. The summed E-state index contributed by atoms with van der Waals surface area (Å²) in [6, 6.07) is 7.99. The maximum absolute atomic E-state index is 12.2. The molecule has 0 bridgehead atoms. The summed E-state index contributed by atoms with van der Waals surface area (Å²) in [6.45, 7) is 5.31. The first-order valence-corrected chi connectivity index (χ1v) is 7.35. The first-order valence-electron chi connectivity index (χ1n) is 6.47. The average molecular weight is 289 g/mol. The first kappa shape index (κ1) is 14.4. The van der Waals surface area contributed by atoms with Crippen LogP contribution >= 0.6 is 11.3 Å². The van der Waals surface area contributed by atoms with E-state index in [0.29, 0.717) is 19.6 Å². The van der Waals surface area contributed by atoms with Gasteiger partial charge in [-0.15, -0.1) is 17.9 Å². The second kappa shape index (κ2) is 6.96. The van der Waals surface area contributed by atoms with E-state index in [0.717, 1.165) is 5.69 Å². The van der Waals surface area contributed by atoms with Gasteiger partial charge in [0.2, 0.25) is 0 Å². The summed E-state index contributed by atoms with van der Waals surface area (Å²) in [6.07, 6.45) is 3.67. The molecule has 0 radical (unpaired) electrons. The standard InChI is InChI=1S/C15H19N3OS/c1-3-8-16-15(19)18(12-14-7-5-10-20-14)11-13-6-4-9-17(13)2/h3-7,9-10H,1,8,11-12H2,2H3,(H,16,19). The maximum Gasteiger partial charge on any atom is 0.318 e. The molecule has 0 saturated heterocycles. The number of nitrogens with zero attached hydrogens (tertiary/aromatic N) is 2. The molecule has 2 aromatic heterocycles. The van der Waals surface area contributed by atoms with E-state index in [1.807, 2.05) is 52.4 Å². The van der Waals surface area contributed by atoms with Crippen molar-refractivity contribution in [3.8, 4) is 0 Å². The molecule has 0 aliphatic heterocycles. The fourth-order valence-corrected chi connectivity index (χ4v) is 2.64. The van der Waals surface area contributed by atoms with E-state index in [2.05, 4.69) is 11.9 Å². The lowest BCUT2D eigenvalue weighted by atomic mass is 10.3. The Balaban J connectivity index is 2.08. The Morgan fingerprint density at radius 2 is 2.30 bits per heavy atom. The quantitative estimate of drug-likeness (QED) is 0.816. The number of rotatable bonds is 6. The van der Waals surface area contributed by atoms with Gasteiger partial charge in [-0.1, -0.05) is 12.1 Å². The molecule has 0 fully saturated rings. The summed E-state index contributed by atoms with van der Waals surface area (Å²) >= 11 is 1.66. The Labute approximate surface area is 123 Å². The van der Waals surface area contributed by atoms with Crippen LogP contribution in [0.2, 0.25) is 0 Å². The van der Waals surface area contributed by atoms with Crippen LogP contribution < -0.4 is 5.32 Å². The predicted octanol–water partition coefficient (Wildman–Crippen LogP) is 2.98. The molecule has 0 atom stereocenters. The van der Waals surface area contributed by atoms with E-state index in [9.17, 15) is 4.79 Å². The fraction of sp³-hybridized carbons (Fsp3) is 0.267. The lowest BCUT2D eigenvalue weighted by Crippen LogP contribution is -2.39. The third-order valence-electron chi connectivity index (χ3n) is 3.02. The van der Waals surface area contributed by atoms with Crippen LogP contribution in [0.3, 0.4) is 0 Å². The Kier molecular flexibility index (Phi) is 5.01. The molecular formula is C15H19N3OS. The third kappa shape index (κ3) is 3.74. The Morgan fingerprint density at radius 1 is 1.45 bits per heavy atom. The number of hydrogen-bond acceptors (Lipinski definition) is 2. The van der Waals surface area contributed by atoms with Crippen LogP contribution in [0.5, 0.6) is 0 Å². The van der Waals surface area contributed by atoms with Gasteiger partial charge in [0.15, 0.2) is 0 Å². The largest absolute Gasteiger partial charge is 0.353 e. The molecule has 2 amide bonds. The van der Waals surface area contributed by atoms with Crippen molar-refractivity contribution in [2.75, 3.05) is 6.54 Å². The second-order valence-electron chi connectivity index (χ2n) is 4.52. The van der Waals surface area contributed by atoms with Crippen LogP contribution in [0.25, 0.3) is 0 Å². The Bertz CT molecular complexity index is 559. The zero-order valence-electron chi connectivity index (χ0n) is 11.6. The van der Waals surface area contributed by atoms with E-state index in [1.165, 1.54) is 4.88 Å². The van der Waals surface area contributed by atoms with Gasteiger partial charge >= 0.3 is 6.03 Å². The minimum atomic E-state index is -0.0699. The van der Waals surface area contributed by atoms with Crippen molar-refractivity contribution >= 4 is 17.4 Å². The van der Waals surface area contributed by atoms with Crippen LogP contribution in [0.15, 0.2) is 48.5 Å². The Hall–Kier alpha value is -2.01. The minimum absolute atomic E-state index is 0.0699. The van der Waals surface area contributed by atoms with Crippen molar-refractivity contribution < 1.29 is 4.79 Å². The van der Waals surface area contributed by atoms with Crippen LogP contribution in [-0.2, 0) is 20.1 Å². The van der Waals surface area contributed by atoms with Gasteiger partial charge in [0.25, 0.3) is 0 Å². The van der Waals surface area contributed by atoms with Gasteiger partial charge in [-0.3, -0.25) is 0 Å². The molecule has 0 aliphatic rings. The van der Waals surface area contributed by atoms with Gasteiger partial charge in [-0.2, -0.15) is 0 Å². The van der Waals surface area contributed by atoms with Crippen molar-refractivity contribution in [2.24, 2.45) is 7.05 Å². The molecule has 5 heteroatoms. The summed E-state index contributed by atoms with van der Waals surface area (Å²) in [5.74, 6) is 0. The molecule has 4 nitrogen and oxygen atoms in total. The van der Waals surface area contributed by atoms with E-state index in [-0.39, 0.29) is 6.03 Å². The lowest BCUT2D eigenvalue weighted by molar-refractivity contribution is 0.192. The SMILES string of the molecule is C=CCNC(=O)N(Cc1cccs1)Cc1cccn1C. The van der Waals surface area contributed by atoms with Crippen molar-refractivity contribution in [2.45, 2.75) is 13.1 Å². The van der Waals surface area contributed by atoms with Crippen molar-refractivity contribution in [3.63, 3.8) is 0 Å². The number of hydrogen-bond donors (Lipinski definition) is 1. The van der Waals surface area contributed by atoms with Crippen molar-refractivity contribution in [3.05, 3.63) is 59.1 Å². The molecule has 2 aromatic rings. The number of carbonyl (C=O) groups excluding carboxylic acids is 1. The van der Waals surface area contributed by atoms with Gasteiger partial charge in [0.1, 0.15) is 0 Å². The number of aryl methyl sites for hydroxylation is 1. The molecule has 1 N–H and O–H groups in total. The van der Waals surface area contributed by atoms with Crippen LogP contribution in [0.1, 0.15) is 10.6 Å². The highest BCUT2D eigenvalue weighted by molar-refractivity contribution is 7.09. The molecule has 0 saturated carbocycles.